The summed E-state index contributed by atoms with van der Waals surface area (Å²) in [6, 6.07) is 24.2. The highest BCUT2D eigenvalue weighted by atomic mass is 16.5. The van der Waals surface area contributed by atoms with Gasteiger partial charge in [0.25, 0.3) is 11.8 Å². The Balaban J connectivity index is 1.40. The fraction of sp³-hybridized carbons (Fsp3) is 0.0909. The molecule has 4 nitrogen and oxygen atoms in total. The summed E-state index contributed by atoms with van der Waals surface area (Å²) in [5, 5.41) is 0. The van der Waals surface area contributed by atoms with Crippen molar-refractivity contribution in [2.45, 2.75) is 6.42 Å². The minimum Gasteiger partial charge on any atom is -0.457 e. The molecule has 0 unspecified atom stereocenters. The van der Waals surface area contributed by atoms with Crippen LogP contribution in [0.4, 0.5) is 0 Å². The molecule has 4 rings (SSSR count). The first kappa shape index (κ1) is 16.1. The van der Waals surface area contributed by atoms with Crippen LogP contribution >= 0.6 is 0 Å². The van der Waals surface area contributed by atoms with Gasteiger partial charge in [0.05, 0.1) is 11.1 Å². The van der Waals surface area contributed by atoms with Crippen LogP contribution in [-0.2, 0) is 6.42 Å². The number of para-hydroxylation sites is 1. The number of imide groups is 1. The number of carbonyl (C=O) groups is 2. The third-order valence-electron chi connectivity index (χ3n) is 4.40. The third-order valence-corrected chi connectivity index (χ3v) is 4.40. The SMILES string of the molecule is O=C1c2ccccc2C(=O)N1CCc1ccc(Oc2ccccc2)cc1. The maximum absolute atomic E-state index is 12.4. The van der Waals surface area contributed by atoms with E-state index in [9.17, 15) is 9.59 Å². The van der Waals surface area contributed by atoms with Crippen molar-refractivity contribution < 1.29 is 14.3 Å². The average Bonchev–Trinajstić information content (AvgIpc) is 2.93. The third kappa shape index (κ3) is 3.09. The molecule has 2 amide bonds. The van der Waals surface area contributed by atoms with E-state index < -0.39 is 0 Å². The first-order valence-corrected chi connectivity index (χ1v) is 8.49. The second-order valence-electron chi connectivity index (χ2n) is 6.12. The maximum Gasteiger partial charge on any atom is 0.261 e. The van der Waals surface area contributed by atoms with Gasteiger partial charge in [-0.3, -0.25) is 14.5 Å². The monoisotopic (exact) mass is 343 g/mol. The summed E-state index contributed by atoms with van der Waals surface area (Å²) in [7, 11) is 0. The first-order chi connectivity index (χ1) is 12.7. The summed E-state index contributed by atoms with van der Waals surface area (Å²) in [4.78, 5) is 26.1. The molecule has 3 aromatic rings. The molecule has 128 valence electrons. The molecule has 26 heavy (non-hydrogen) atoms. The van der Waals surface area contributed by atoms with E-state index in [0.717, 1.165) is 17.1 Å². The number of nitrogens with zero attached hydrogens (tertiary/aromatic N) is 1. The number of fused-ring (bicyclic) bond motifs is 1. The molecule has 0 radical (unpaired) electrons. The summed E-state index contributed by atoms with van der Waals surface area (Å²) < 4.78 is 5.77. The number of rotatable bonds is 5. The minimum absolute atomic E-state index is 0.213. The Morgan fingerprint density at radius 1 is 0.654 bits per heavy atom. The normalized spacial score (nSPS) is 13.0. The van der Waals surface area contributed by atoms with Crippen LogP contribution in [0.2, 0.25) is 0 Å². The topological polar surface area (TPSA) is 46.6 Å². The van der Waals surface area contributed by atoms with Crippen LogP contribution < -0.4 is 4.74 Å². The van der Waals surface area contributed by atoms with Gasteiger partial charge in [0.1, 0.15) is 11.5 Å². The molecule has 0 atom stereocenters. The summed E-state index contributed by atoms with van der Waals surface area (Å²) in [5.74, 6) is 1.11. The van der Waals surface area contributed by atoms with Gasteiger partial charge < -0.3 is 4.74 Å². The van der Waals surface area contributed by atoms with Gasteiger partial charge in [-0.15, -0.1) is 0 Å². The highest BCUT2D eigenvalue weighted by Gasteiger charge is 2.34. The number of hydrogen-bond acceptors (Lipinski definition) is 3. The molecule has 0 fully saturated rings. The Hall–Kier alpha value is -3.40. The van der Waals surface area contributed by atoms with Gasteiger partial charge in [0, 0.05) is 6.54 Å². The molecule has 4 heteroatoms. The van der Waals surface area contributed by atoms with E-state index in [2.05, 4.69) is 0 Å². The first-order valence-electron chi connectivity index (χ1n) is 8.49. The van der Waals surface area contributed by atoms with Crippen LogP contribution in [0.1, 0.15) is 26.3 Å². The Morgan fingerprint density at radius 2 is 1.19 bits per heavy atom. The fourth-order valence-corrected chi connectivity index (χ4v) is 3.03. The largest absolute Gasteiger partial charge is 0.457 e. The van der Waals surface area contributed by atoms with Crippen molar-refractivity contribution in [2.24, 2.45) is 0 Å². The summed E-state index contributed by atoms with van der Waals surface area (Å²) in [6.07, 6.45) is 0.608. The zero-order valence-corrected chi connectivity index (χ0v) is 14.1. The molecule has 1 heterocycles. The lowest BCUT2D eigenvalue weighted by Crippen LogP contribution is -2.31. The van der Waals surface area contributed by atoms with Crippen LogP contribution in [0.15, 0.2) is 78.9 Å². The average molecular weight is 343 g/mol. The highest BCUT2D eigenvalue weighted by molar-refractivity contribution is 6.21. The van der Waals surface area contributed by atoms with Crippen LogP contribution in [-0.4, -0.2) is 23.3 Å². The molecule has 1 aliphatic heterocycles. The van der Waals surface area contributed by atoms with E-state index in [4.69, 9.17) is 4.74 Å². The van der Waals surface area contributed by atoms with Crippen LogP contribution in [0.3, 0.4) is 0 Å². The number of amides is 2. The van der Waals surface area contributed by atoms with Crippen LogP contribution in [0, 0.1) is 0 Å². The predicted octanol–water partition coefficient (Wildman–Crippen LogP) is 4.32. The van der Waals surface area contributed by atoms with Crippen LogP contribution in [0.25, 0.3) is 0 Å². The minimum atomic E-state index is -0.213. The van der Waals surface area contributed by atoms with Gasteiger partial charge in [-0.25, -0.2) is 0 Å². The molecule has 0 spiro atoms. The van der Waals surface area contributed by atoms with Crippen LogP contribution in [0.5, 0.6) is 11.5 Å². The van der Waals surface area contributed by atoms with Crippen molar-refractivity contribution in [3.8, 4) is 11.5 Å². The number of ether oxygens (including phenoxy) is 1. The molecule has 0 aromatic heterocycles. The van der Waals surface area contributed by atoms with Crippen molar-refractivity contribution in [1.29, 1.82) is 0 Å². The molecule has 0 bridgehead atoms. The zero-order chi connectivity index (χ0) is 17.9. The number of carbonyl (C=O) groups excluding carboxylic acids is 2. The van der Waals surface area contributed by atoms with E-state index >= 15 is 0 Å². The van der Waals surface area contributed by atoms with Gasteiger partial charge in [0.15, 0.2) is 0 Å². The molecule has 3 aromatic carbocycles. The van der Waals surface area contributed by atoms with E-state index in [-0.39, 0.29) is 11.8 Å². The van der Waals surface area contributed by atoms with Crippen molar-refractivity contribution >= 4 is 11.8 Å². The maximum atomic E-state index is 12.4. The van der Waals surface area contributed by atoms with Gasteiger partial charge in [-0.2, -0.15) is 0 Å². The van der Waals surface area contributed by atoms with Gasteiger partial charge in [-0.05, 0) is 48.4 Å². The van der Waals surface area contributed by atoms with Crippen molar-refractivity contribution in [3.63, 3.8) is 0 Å². The molecular formula is C22H17NO3. The zero-order valence-electron chi connectivity index (χ0n) is 14.1. The lowest BCUT2D eigenvalue weighted by atomic mass is 10.1. The highest BCUT2D eigenvalue weighted by Crippen LogP contribution is 2.24. The lowest BCUT2D eigenvalue weighted by Gasteiger charge is -2.14. The predicted molar refractivity (Wildman–Crippen MR) is 98.5 cm³/mol. The standard InChI is InChI=1S/C22H17NO3/c24-21-19-8-4-5-9-20(19)22(25)23(21)15-14-16-10-12-18(13-11-16)26-17-6-2-1-3-7-17/h1-13H,14-15H2. The molecule has 0 aliphatic carbocycles. The Bertz CT molecular complexity index is 914. The summed E-state index contributed by atoms with van der Waals surface area (Å²) >= 11 is 0. The van der Waals surface area contributed by atoms with Crippen molar-refractivity contribution in [1.82, 2.24) is 4.90 Å². The van der Waals surface area contributed by atoms with E-state index in [1.165, 1.54) is 4.90 Å². The second kappa shape index (κ2) is 6.84. The van der Waals surface area contributed by atoms with Crippen molar-refractivity contribution in [3.05, 3.63) is 95.6 Å². The lowest BCUT2D eigenvalue weighted by molar-refractivity contribution is 0.0656. The molecule has 1 aliphatic rings. The van der Waals surface area contributed by atoms with Gasteiger partial charge in [-0.1, -0.05) is 42.5 Å². The van der Waals surface area contributed by atoms with E-state index in [0.29, 0.717) is 24.1 Å². The van der Waals surface area contributed by atoms with E-state index in [1.807, 2.05) is 54.6 Å². The molecule has 0 saturated carbocycles. The molecule has 0 N–H and O–H groups in total. The molecule has 0 saturated heterocycles. The van der Waals surface area contributed by atoms with Crippen molar-refractivity contribution in [2.75, 3.05) is 6.54 Å². The summed E-state index contributed by atoms with van der Waals surface area (Å²) in [5.41, 5.74) is 2.02. The quantitative estimate of drug-likeness (QED) is 0.648. The number of benzene rings is 3. The van der Waals surface area contributed by atoms with Gasteiger partial charge in [0.2, 0.25) is 0 Å². The Kier molecular flexibility index (Phi) is 4.23. The second-order valence-corrected chi connectivity index (χ2v) is 6.12. The Labute approximate surface area is 151 Å². The number of hydrogen-bond donors (Lipinski definition) is 0. The Morgan fingerprint density at radius 3 is 1.81 bits per heavy atom. The summed E-state index contributed by atoms with van der Waals surface area (Å²) in [6.45, 7) is 0.366. The van der Waals surface area contributed by atoms with E-state index in [1.54, 1.807) is 24.3 Å². The molecular weight excluding hydrogens is 326 g/mol. The van der Waals surface area contributed by atoms with Gasteiger partial charge >= 0.3 is 0 Å². The smallest absolute Gasteiger partial charge is 0.261 e. The fourth-order valence-electron chi connectivity index (χ4n) is 3.03.